The third-order valence-electron chi connectivity index (χ3n) is 13.6. The standard InChI is InChI=1S/C58H112O6/c1-6-8-9-10-11-12-13-14-15-16-17-20-23-26-29-32-38-43-48-56(59)62-51-55(64-58(61)50-45-40-35-34-37-42-47-54(5)7-2)52-63-57(60)49-44-39-33-30-27-24-21-18-19-22-25-28-31-36-41-46-53(3)4/h53-55H,6-52H2,1-5H3/t54?,55-/m1/s1. The van der Waals surface area contributed by atoms with Gasteiger partial charge in [-0.05, 0) is 31.1 Å². The molecule has 0 radical (unpaired) electrons. The number of unbranched alkanes of at least 4 members (excludes halogenated alkanes) is 36. The van der Waals surface area contributed by atoms with Crippen LogP contribution < -0.4 is 0 Å². The van der Waals surface area contributed by atoms with Crippen molar-refractivity contribution in [2.45, 2.75) is 330 Å². The average Bonchev–Trinajstić information content (AvgIpc) is 3.28. The van der Waals surface area contributed by atoms with Crippen LogP contribution in [0.25, 0.3) is 0 Å². The van der Waals surface area contributed by atoms with E-state index in [4.69, 9.17) is 14.2 Å². The van der Waals surface area contributed by atoms with Crippen LogP contribution in [-0.2, 0) is 28.6 Å². The van der Waals surface area contributed by atoms with E-state index in [9.17, 15) is 14.4 Å². The zero-order valence-corrected chi connectivity index (χ0v) is 43.9. The summed E-state index contributed by atoms with van der Waals surface area (Å²) in [6, 6.07) is 0. The summed E-state index contributed by atoms with van der Waals surface area (Å²) in [5, 5.41) is 0. The molecule has 0 amide bonds. The molecule has 1 unspecified atom stereocenters. The van der Waals surface area contributed by atoms with Crippen molar-refractivity contribution < 1.29 is 28.6 Å². The first-order chi connectivity index (χ1) is 31.3. The van der Waals surface area contributed by atoms with E-state index < -0.39 is 6.10 Å². The average molecular weight is 906 g/mol. The molecule has 2 atom stereocenters. The lowest BCUT2D eigenvalue weighted by atomic mass is 10.00. The lowest BCUT2D eigenvalue weighted by molar-refractivity contribution is -0.167. The highest BCUT2D eigenvalue weighted by Gasteiger charge is 2.19. The Morgan fingerprint density at radius 3 is 0.891 bits per heavy atom. The van der Waals surface area contributed by atoms with Gasteiger partial charge in [-0.15, -0.1) is 0 Å². The molecule has 6 heteroatoms. The van der Waals surface area contributed by atoms with Gasteiger partial charge in [0, 0.05) is 19.3 Å². The Hall–Kier alpha value is -1.59. The Morgan fingerprint density at radius 1 is 0.328 bits per heavy atom. The largest absolute Gasteiger partial charge is 0.462 e. The Kier molecular flexibility index (Phi) is 49.6. The zero-order chi connectivity index (χ0) is 46.8. The molecule has 0 aliphatic heterocycles. The second-order valence-electron chi connectivity index (χ2n) is 20.6. The Bertz CT molecular complexity index is 980. The molecule has 0 bridgehead atoms. The van der Waals surface area contributed by atoms with E-state index in [2.05, 4.69) is 34.6 Å². The number of carbonyl (C=O) groups excluding carboxylic acids is 3. The lowest BCUT2D eigenvalue weighted by Crippen LogP contribution is -2.30. The highest BCUT2D eigenvalue weighted by Crippen LogP contribution is 2.18. The van der Waals surface area contributed by atoms with Crippen molar-refractivity contribution in [3.63, 3.8) is 0 Å². The van der Waals surface area contributed by atoms with E-state index in [1.807, 2.05) is 0 Å². The maximum absolute atomic E-state index is 12.8. The number of carbonyl (C=O) groups is 3. The van der Waals surface area contributed by atoms with Crippen molar-refractivity contribution in [1.29, 1.82) is 0 Å². The van der Waals surface area contributed by atoms with Crippen LogP contribution in [0.3, 0.4) is 0 Å². The third kappa shape index (κ3) is 49.8. The maximum Gasteiger partial charge on any atom is 0.306 e. The number of esters is 3. The smallest absolute Gasteiger partial charge is 0.306 e. The number of hydrogen-bond donors (Lipinski definition) is 0. The zero-order valence-electron chi connectivity index (χ0n) is 43.9. The normalized spacial score (nSPS) is 12.5. The lowest BCUT2D eigenvalue weighted by Gasteiger charge is -2.18. The summed E-state index contributed by atoms with van der Waals surface area (Å²) in [6.07, 6.45) is 53.9. The van der Waals surface area contributed by atoms with Gasteiger partial charge in [-0.1, -0.05) is 285 Å². The molecule has 380 valence electrons. The molecule has 0 aliphatic rings. The van der Waals surface area contributed by atoms with Crippen molar-refractivity contribution >= 4 is 17.9 Å². The van der Waals surface area contributed by atoms with Crippen molar-refractivity contribution in [3.8, 4) is 0 Å². The fourth-order valence-electron chi connectivity index (χ4n) is 8.84. The second kappa shape index (κ2) is 50.8. The van der Waals surface area contributed by atoms with Gasteiger partial charge in [0.05, 0.1) is 0 Å². The molecule has 0 N–H and O–H groups in total. The summed E-state index contributed by atoms with van der Waals surface area (Å²) in [6.45, 7) is 11.4. The van der Waals surface area contributed by atoms with E-state index in [1.54, 1.807) is 0 Å². The van der Waals surface area contributed by atoms with E-state index in [-0.39, 0.29) is 31.1 Å². The molecular weight excluding hydrogens is 793 g/mol. The molecule has 0 aromatic rings. The van der Waals surface area contributed by atoms with Crippen molar-refractivity contribution in [2.24, 2.45) is 11.8 Å². The van der Waals surface area contributed by atoms with Crippen LogP contribution in [0.5, 0.6) is 0 Å². The Labute approximate surface area is 399 Å². The fraction of sp³-hybridized carbons (Fsp3) is 0.948. The van der Waals surface area contributed by atoms with Gasteiger partial charge in [-0.3, -0.25) is 14.4 Å². The van der Waals surface area contributed by atoms with Gasteiger partial charge in [-0.2, -0.15) is 0 Å². The highest BCUT2D eigenvalue weighted by molar-refractivity contribution is 5.71. The molecule has 0 fully saturated rings. The second-order valence-corrected chi connectivity index (χ2v) is 20.6. The molecular formula is C58H112O6. The minimum absolute atomic E-state index is 0.0638. The first-order valence-corrected chi connectivity index (χ1v) is 28.8. The van der Waals surface area contributed by atoms with Gasteiger partial charge in [0.25, 0.3) is 0 Å². The predicted molar refractivity (Wildman–Crippen MR) is 275 cm³/mol. The summed E-state index contributed by atoms with van der Waals surface area (Å²) >= 11 is 0. The third-order valence-corrected chi connectivity index (χ3v) is 13.6. The summed E-state index contributed by atoms with van der Waals surface area (Å²) in [5.74, 6) is 0.814. The van der Waals surface area contributed by atoms with Crippen LogP contribution >= 0.6 is 0 Å². The van der Waals surface area contributed by atoms with Crippen molar-refractivity contribution in [3.05, 3.63) is 0 Å². The number of ether oxygens (including phenoxy) is 3. The molecule has 64 heavy (non-hydrogen) atoms. The summed E-state index contributed by atoms with van der Waals surface area (Å²) in [7, 11) is 0. The van der Waals surface area contributed by atoms with Gasteiger partial charge >= 0.3 is 17.9 Å². The van der Waals surface area contributed by atoms with Gasteiger partial charge in [0.1, 0.15) is 13.2 Å². The van der Waals surface area contributed by atoms with Gasteiger partial charge in [0.15, 0.2) is 6.10 Å². The first kappa shape index (κ1) is 62.4. The molecule has 0 aliphatic carbocycles. The van der Waals surface area contributed by atoms with E-state index >= 15 is 0 Å². The Balaban J connectivity index is 4.22. The van der Waals surface area contributed by atoms with Crippen molar-refractivity contribution in [2.75, 3.05) is 13.2 Å². The summed E-state index contributed by atoms with van der Waals surface area (Å²) in [4.78, 5) is 38.1. The van der Waals surface area contributed by atoms with Crippen molar-refractivity contribution in [1.82, 2.24) is 0 Å². The Morgan fingerprint density at radius 2 is 0.594 bits per heavy atom. The van der Waals surface area contributed by atoms with Gasteiger partial charge < -0.3 is 14.2 Å². The van der Waals surface area contributed by atoms with Gasteiger partial charge in [0.2, 0.25) is 0 Å². The molecule has 0 saturated carbocycles. The monoisotopic (exact) mass is 905 g/mol. The first-order valence-electron chi connectivity index (χ1n) is 28.8. The number of rotatable bonds is 52. The molecule has 0 saturated heterocycles. The van der Waals surface area contributed by atoms with E-state index in [0.717, 1.165) is 69.6 Å². The maximum atomic E-state index is 12.8. The fourth-order valence-corrected chi connectivity index (χ4v) is 8.84. The summed E-state index contributed by atoms with van der Waals surface area (Å²) in [5.41, 5.74) is 0. The van der Waals surface area contributed by atoms with E-state index in [0.29, 0.717) is 19.3 Å². The minimum atomic E-state index is -0.763. The molecule has 0 spiro atoms. The minimum Gasteiger partial charge on any atom is -0.462 e. The molecule has 0 aromatic heterocycles. The molecule has 0 aromatic carbocycles. The molecule has 6 nitrogen and oxygen atoms in total. The SMILES string of the molecule is CCCCCCCCCCCCCCCCCCCCC(=O)OC[C@H](COC(=O)CCCCCCCCCCCCCCCCCC(C)C)OC(=O)CCCCCCCCC(C)CC. The van der Waals surface area contributed by atoms with Crippen LogP contribution in [0.2, 0.25) is 0 Å². The topological polar surface area (TPSA) is 78.9 Å². The van der Waals surface area contributed by atoms with Crippen LogP contribution in [0.15, 0.2) is 0 Å². The highest BCUT2D eigenvalue weighted by atomic mass is 16.6. The van der Waals surface area contributed by atoms with Crippen LogP contribution in [0.4, 0.5) is 0 Å². The van der Waals surface area contributed by atoms with E-state index in [1.165, 1.54) is 212 Å². The predicted octanol–water partition coefficient (Wildman–Crippen LogP) is 18.9. The van der Waals surface area contributed by atoms with Gasteiger partial charge in [-0.25, -0.2) is 0 Å². The summed E-state index contributed by atoms with van der Waals surface area (Å²) < 4.78 is 16.9. The molecule has 0 rings (SSSR count). The van der Waals surface area contributed by atoms with Crippen LogP contribution in [0, 0.1) is 11.8 Å². The number of hydrogen-bond acceptors (Lipinski definition) is 6. The quantitative estimate of drug-likeness (QED) is 0.0344. The molecule has 0 heterocycles. The van der Waals surface area contributed by atoms with Crippen LogP contribution in [-0.4, -0.2) is 37.2 Å². The van der Waals surface area contributed by atoms with Crippen LogP contribution in [0.1, 0.15) is 324 Å².